The second-order valence-electron chi connectivity index (χ2n) is 5.00. The Morgan fingerprint density at radius 2 is 2.25 bits per heavy atom. The van der Waals surface area contributed by atoms with Crippen molar-refractivity contribution in [3.8, 4) is 5.75 Å². The van der Waals surface area contributed by atoms with Crippen molar-refractivity contribution in [1.82, 2.24) is 5.32 Å². The van der Waals surface area contributed by atoms with E-state index in [9.17, 15) is 9.59 Å². The van der Waals surface area contributed by atoms with Gasteiger partial charge < -0.3 is 15.0 Å². The lowest BCUT2D eigenvalue weighted by molar-refractivity contribution is -0.133. The Morgan fingerprint density at radius 3 is 3.00 bits per heavy atom. The van der Waals surface area contributed by atoms with E-state index in [1.54, 1.807) is 11.0 Å². The van der Waals surface area contributed by atoms with Gasteiger partial charge in [0.15, 0.2) is 5.75 Å². The minimum Gasteiger partial charge on any atom is -0.423 e. The maximum atomic E-state index is 11.9. The average molecular weight is 276 g/mol. The predicted molar refractivity (Wildman–Crippen MR) is 76.9 cm³/mol. The van der Waals surface area contributed by atoms with Crippen molar-refractivity contribution >= 4 is 17.6 Å². The number of rotatable bonds is 5. The van der Waals surface area contributed by atoms with Crippen molar-refractivity contribution in [3.63, 3.8) is 0 Å². The molecule has 20 heavy (non-hydrogen) atoms. The number of ether oxygens (including phenoxy) is 1. The number of carbonyl (C=O) groups is 2. The van der Waals surface area contributed by atoms with Crippen LogP contribution in [0.1, 0.15) is 25.3 Å². The van der Waals surface area contributed by atoms with Crippen LogP contribution in [0.3, 0.4) is 0 Å². The van der Waals surface area contributed by atoms with Crippen LogP contribution in [-0.2, 0) is 9.59 Å². The third-order valence-corrected chi connectivity index (χ3v) is 3.19. The van der Waals surface area contributed by atoms with E-state index in [1.165, 1.54) is 0 Å². The molecule has 2 rings (SSSR count). The van der Waals surface area contributed by atoms with Crippen LogP contribution in [-0.4, -0.2) is 31.5 Å². The molecule has 1 aliphatic rings. The predicted octanol–water partition coefficient (Wildman–Crippen LogP) is 1.64. The van der Waals surface area contributed by atoms with Crippen LogP contribution in [0.15, 0.2) is 18.2 Å². The fourth-order valence-corrected chi connectivity index (χ4v) is 2.13. The summed E-state index contributed by atoms with van der Waals surface area (Å²) in [7, 11) is 0. The van der Waals surface area contributed by atoms with Gasteiger partial charge in [0, 0.05) is 6.54 Å². The van der Waals surface area contributed by atoms with Crippen molar-refractivity contribution in [2.45, 2.75) is 26.7 Å². The van der Waals surface area contributed by atoms with Crippen molar-refractivity contribution < 1.29 is 14.3 Å². The lowest BCUT2D eigenvalue weighted by atomic mass is 10.1. The molecule has 0 unspecified atom stereocenters. The zero-order valence-corrected chi connectivity index (χ0v) is 11.9. The molecule has 0 saturated heterocycles. The number of unbranched alkanes of at least 4 members (excludes halogenated alkanes) is 1. The number of anilines is 1. The van der Waals surface area contributed by atoms with Crippen molar-refractivity contribution in [2.75, 3.05) is 24.5 Å². The standard InChI is InChI=1S/C15H20N2O3/c1-3-4-7-16-14(18)9-17-10-15(19)20-13-6-5-11(2)8-12(13)17/h5-6,8H,3-4,7,9-10H2,1-2H3,(H,16,18). The number of esters is 1. The highest BCUT2D eigenvalue weighted by Gasteiger charge is 2.25. The average Bonchev–Trinajstić information content (AvgIpc) is 2.40. The van der Waals surface area contributed by atoms with Gasteiger partial charge in [0.2, 0.25) is 5.91 Å². The summed E-state index contributed by atoms with van der Waals surface area (Å²) in [6.45, 7) is 5.00. The minimum absolute atomic E-state index is 0.0689. The number of hydrogen-bond donors (Lipinski definition) is 1. The Bertz CT molecular complexity index is 514. The first-order chi connectivity index (χ1) is 9.60. The number of hydrogen-bond acceptors (Lipinski definition) is 4. The van der Waals surface area contributed by atoms with Gasteiger partial charge in [-0.1, -0.05) is 19.4 Å². The Balaban J connectivity index is 2.07. The van der Waals surface area contributed by atoms with Gasteiger partial charge in [-0.2, -0.15) is 0 Å². The van der Waals surface area contributed by atoms with Gasteiger partial charge >= 0.3 is 5.97 Å². The summed E-state index contributed by atoms with van der Waals surface area (Å²) in [6, 6.07) is 5.59. The molecule has 5 nitrogen and oxygen atoms in total. The Labute approximate surface area is 118 Å². The summed E-state index contributed by atoms with van der Waals surface area (Å²) in [5.74, 6) is 0.122. The normalized spacial score (nSPS) is 13.7. The lowest BCUT2D eigenvalue weighted by Gasteiger charge is -2.29. The Morgan fingerprint density at radius 1 is 1.45 bits per heavy atom. The van der Waals surface area contributed by atoms with E-state index in [4.69, 9.17) is 4.74 Å². The molecular weight excluding hydrogens is 256 g/mol. The van der Waals surface area contributed by atoms with E-state index in [0.29, 0.717) is 12.3 Å². The number of carbonyl (C=O) groups excluding carboxylic acids is 2. The molecular formula is C15H20N2O3. The fourth-order valence-electron chi connectivity index (χ4n) is 2.13. The first-order valence-electron chi connectivity index (χ1n) is 6.93. The zero-order chi connectivity index (χ0) is 14.5. The molecule has 1 heterocycles. The second-order valence-corrected chi connectivity index (χ2v) is 5.00. The van der Waals surface area contributed by atoms with E-state index in [-0.39, 0.29) is 25.0 Å². The molecule has 108 valence electrons. The SMILES string of the molecule is CCCCNC(=O)CN1CC(=O)Oc2ccc(C)cc21. The number of aryl methyl sites for hydroxylation is 1. The minimum atomic E-state index is -0.331. The van der Waals surface area contributed by atoms with Crippen molar-refractivity contribution in [1.29, 1.82) is 0 Å². The molecule has 0 bridgehead atoms. The lowest BCUT2D eigenvalue weighted by Crippen LogP contribution is -2.43. The van der Waals surface area contributed by atoms with Gasteiger partial charge in [0.05, 0.1) is 12.2 Å². The Kier molecular flexibility index (Phi) is 4.61. The number of nitrogens with zero attached hydrogens (tertiary/aromatic N) is 1. The van der Waals surface area contributed by atoms with Gasteiger partial charge in [-0.05, 0) is 31.0 Å². The van der Waals surface area contributed by atoms with Crippen LogP contribution < -0.4 is 15.0 Å². The van der Waals surface area contributed by atoms with Crippen LogP contribution in [0.4, 0.5) is 5.69 Å². The molecule has 1 amide bonds. The van der Waals surface area contributed by atoms with E-state index in [1.807, 2.05) is 19.1 Å². The molecule has 0 spiro atoms. The first kappa shape index (κ1) is 14.4. The summed E-state index contributed by atoms with van der Waals surface area (Å²) in [4.78, 5) is 25.2. The zero-order valence-electron chi connectivity index (χ0n) is 11.9. The highest BCUT2D eigenvalue weighted by molar-refractivity contribution is 5.89. The topological polar surface area (TPSA) is 58.6 Å². The van der Waals surface area contributed by atoms with Crippen molar-refractivity contribution in [3.05, 3.63) is 23.8 Å². The third kappa shape index (κ3) is 3.50. The van der Waals surface area contributed by atoms with Crippen LogP contribution in [0.25, 0.3) is 0 Å². The third-order valence-electron chi connectivity index (χ3n) is 3.19. The van der Waals surface area contributed by atoms with Crippen LogP contribution in [0, 0.1) is 6.92 Å². The largest absolute Gasteiger partial charge is 0.423 e. The number of amides is 1. The van der Waals surface area contributed by atoms with Gasteiger partial charge in [0.1, 0.15) is 6.54 Å². The molecule has 1 aromatic carbocycles. The summed E-state index contributed by atoms with van der Waals surface area (Å²) < 4.78 is 5.18. The molecule has 1 aliphatic heterocycles. The molecule has 0 saturated carbocycles. The van der Waals surface area contributed by atoms with Crippen molar-refractivity contribution in [2.24, 2.45) is 0 Å². The summed E-state index contributed by atoms with van der Waals surface area (Å²) in [5.41, 5.74) is 1.87. The van der Waals surface area contributed by atoms with Gasteiger partial charge in [0.25, 0.3) is 0 Å². The summed E-state index contributed by atoms with van der Waals surface area (Å²) >= 11 is 0. The summed E-state index contributed by atoms with van der Waals surface area (Å²) in [5, 5.41) is 2.86. The van der Waals surface area contributed by atoms with Crippen LogP contribution in [0.5, 0.6) is 5.75 Å². The van der Waals surface area contributed by atoms with Crippen LogP contribution >= 0.6 is 0 Å². The summed E-state index contributed by atoms with van der Waals surface area (Å²) in [6.07, 6.45) is 2.00. The Hall–Kier alpha value is -2.04. The first-order valence-corrected chi connectivity index (χ1v) is 6.93. The molecule has 5 heteroatoms. The molecule has 1 N–H and O–H groups in total. The highest BCUT2D eigenvalue weighted by atomic mass is 16.5. The number of nitrogens with one attached hydrogen (secondary N) is 1. The molecule has 0 atom stereocenters. The fraction of sp³-hybridized carbons (Fsp3) is 0.467. The molecule has 1 aromatic rings. The molecule has 0 fully saturated rings. The number of benzene rings is 1. The molecule has 0 aromatic heterocycles. The molecule has 0 aliphatic carbocycles. The second kappa shape index (κ2) is 6.41. The van der Waals surface area contributed by atoms with Gasteiger partial charge in [-0.25, -0.2) is 4.79 Å². The van der Waals surface area contributed by atoms with Crippen LogP contribution in [0.2, 0.25) is 0 Å². The quantitative estimate of drug-likeness (QED) is 0.504. The van der Waals surface area contributed by atoms with E-state index < -0.39 is 0 Å². The maximum Gasteiger partial charge on any atom is 0.331 e. The van der Waals surface area contributed by atoms with E-state index >= 15 is 0 Å². The smallest absolute Gasteiger partial charge is 0.331 e. The van der Waals surface area contributed by atoms with Gasteiger partial charge in [-0.3, -0.25) is 4.79 Å². The maximum absolute atomic E-state index is 11.9. The monoisotopic (exact) mass is 276 g/mol. The van der Waals surface area contributed by atoms with E-state index in [2.05, 4.69) is 12.2 Å². The highest BCUT2D eigenvalue weighted by Crippen LogP contribution is 2.32. The number of fused-ring (bicyclic) bond motifs is 1. The van der Waals surface area contributed by atoms with Gasteiger partial charge in [-0.15, -0.1) is 0 Å². The molecule has 0 radical (unpaired) electrons. The van der Waals surface area contributed by atoms with E-state index in [0.717, 1.165) is 24.1 Å².